The topological polar surface area (TPSA) is 81.5 Å². The monoisotopic (exact) mass is 571 g/mol. The Kier molecular flexibility index (Phi) is 5.82. The Bertz CT molecular complexity index is 942. The zero-order valence-corrected chi connectivity index (χ0v) is 20.5. The molecule has 2 amide bonds. The summed E-state index contributed by atoms with van der Waals surface area (Å²) in [6.45, 7) is 4.16. The molecule has 1 aromatic carbocycles. The summed E-state index contributed by atoms with van der Waals surface area (Å²) in [5.74, 6) is -1.01. The fourth-order valence-electron chi connectivity index (χ4n) is 3.13. The summed E-state index contributed by atoms with van der Waals surface area (Å²) in [6, 6.07) is 6.84. The van der Waals surface area contributed by atoms with E-state index < -0.39 is 11.4 Å². The van der Waals surface area contributed by atoms with Crippen molar-refractivity contribution in [1.82, 2.24) is 12.3 Å². The zero-order chi connectivity index (χ0) is 20.5. The first-order valence-corrected chi connectivity index (χ1v) is 10.8. The van der Waals surface area contributed by atoms with E-state index in [9.17, 15) is 14.4 Å². The number of imidazole rings is 1. The number of hydrogen-bond acceptors (Lipinski definition) is 5. The molecule has 7 nitrogen and oxygen atoms in total. The molecule has 0 atom stereocenters. The second-order valence-corrected chi connectivity index (χ2v) is 9.74. The van der Waals surface area contributed by atoms with Crippen molar-refractivity contribution < 1.29 is 19.1 Å². The molecule has 28 heavy (non-hydrogen) atoms. The average Bonchev–Trinajstić information content (AvgIpc) is 3.19. The Labute approximate surface area is 179 Å². The van der Waals surface area contributed by atoms with E-state index >= 15 is 0 Å². The molecule has 0 saturated heterocycles. The molecule has 1 aliphatic heterocycles. The second kappa shape index (κ2) is 7.98. The average molecular weight is 571 g/mol. The molecule has 2 aromatic rings. The Morgan fingerprint density at radius 1 is 1.21 bits per heavy atom. The SMILES string of the molecule is COC(=O)/C(=C\CC(C)(C)CN1C(=O)c2ccccc2C1=O)c1c[n]([Tl])cn1. The molecule has 1 aromatic heterocycles. The summed E-state index contributed by atoms with van der Waals surface area (Å²) in [5, 5.41) is 0. The van der Waals surface area contributed by atoms with Gasteiger partial charge in [-0.2, -0.15) is 0 Å². The zero-order valence-electron chi connectivity index (χ0n) is 16.0. The van der Waals surface area contributed by atoms with Crippen LogP contribution in [0, 0.1) is 5.41 Å². The summed E-state index contributed by atoms with van der Waals surface area (Å²) >= 11 is 0.551. The van der Waals surface area contributed by atoms with Gasteiger partial charge in [0.15, 0.2) is 0 Å². The fraction of sp³-hybridized carbons (Fsp3) is 0.300. The normalized spacial score (nSPS) is 14.4. The molecule has 0 aliphatic carbocycles. The minimum absolute atomic E-state index is 0.251. The molecule has 1 aliphatic rings. The fourth-order valence-corrected chi connectivity index (χ4v) is 3.94. The molecule has 0 fully saturated rings. The van der Waals surface area contributed by atoms with Crippen molar-refractivity contribution >= 4 is 49.4 Å². The van der Waals surface area contributed by atoms with E-state index in [1.807, 2.05) is 22.4 Å². The van der Waals surface area contributed by atoms with Gasteiger partial charge >= 0.3 is 168 Å². The van der Waals surface area contributed by atoms with Crippen molar-refractivity contribution in [2.24, 2.45) is 5.41 Å². The molecule has 3 rings (SSSR count). The second-order valence-electron chi connectivity index (χ2n) is 7.43. The number of fused-ring (bicyclic) bond motifs is 1. The van der Waals surface area contributed by atoms with Crippen LogP contribution in [-0.2, 0) is 9.53 Å². The van der Waals surface area contributed by atoms with Gasteiger partial charge in [0.05, 0.1) is 0 Å². The van der Waals surface area contributed by atoms with Crippen molar-refractivity contribution in [2.45, 2.75) is 20.3 Å². The van der Waals surface area contributed by atoms with Crippen LogP contribution >= 0.6 is 0 Å². The predicted octanol–water partition coefficient (Wildman–Crippen LogP) is 2.08. The van der Waals surface area contributed by atoms with Gasteiger partial charge in [-0.15, -0.1) is 0 Å². The summed E-state index contributed by atoms with van der Waals surface area (Å²) < 4.78 is 6.80. The molecular weight excluding hydrogens is 551 g/mol. The quantitative estimate of drug-likeness (QED) is 0.230. The molecule has 0 radical (unpaired) electrons. The molecule has 0 unspecified atom stereocenters. The van der Waals surface area contributed by atoms with Crippen LogP contribution in [-0.4, -0.2) is 69.8 Å². The first kappa shape index (κ1) is 20.4. The number of carbonyl (C=O) groups is 3. The number of hydrogen-bond donors (Lipinski definition) is 0. The van der Waals surface area contributed by atoms with Gasteiger partial charge < -0.3 is 0 Å². The first-order valence-electron chi connectivity index (χ1n) is 8.76. The van der Waals surface area contributed by atoms with Crippen LogP contribution in [0.5, 0.6) is 0 Å². The van der Waals surface area contributed by atoms with E-state index in [2.05, 4.69) is 4.98 Å². The third-order valence-electron chi connectivity index (χ3n) is 4.61. The molecule has 8 heteroatoms. The van der Waals surface area contributed by atoms with Gasteiger partial charge in [0, 0.05) is 0 Å². The molecule has 142 valence electrons. The number of methoxy groups -OCH3 is 1. The van der Waals surface area contributed by atoms with E-state index in [0.717, 1.165) is 0 Å². The number of nitrogens with zero attached hydrogens (tertiary/aromatic N) is 3. The van der Waals surface area contributed by atoms with E-state index in [1.54, 1.807) is 36.7 Å². The van der Waals surface area contributed by atoms with Gasteiger partial charge in [0.2, 0.25) is 0 Å². The number of ether oxygens (including phenoxy) is 1. The van der Waals surface area contributed by atoms with Crippen LogP contribution in [0.4, 0.5) is 0 Å². The van der Waals surface area contributed by atoms with Crippen molar-refractivity contribution in [3.05, 3.63) is 59.7 Å². The maximum absolute atomic E-state index is 12.6. The van der Waals surface area contributed by atoms with Crippen molar-refractivity contribution in [3.8, 4) is 0 Å². The standard InChI is InChI=1S/C20H20N3O4.Tl/c1-20(2,9-8-15(19(26)27-3)16-10-21-12-22-16)11-23-17(24)13-6-4-5-7-14(13)18(23)25;/h4-8,10,12H,9,11H2,1-3H3;/q-1;+1/b15-8-;. The Balaban J connectivity index is 1.79. The van der Waals surface area contributed by atoms with Crippen molar-refractivity contribution in [2.75, 3.05) is 13.7 Å². The number of aromatic nitrogens is 2. The first-order chi connectivity index (χ1) is 13.2. The summed E-state index contributed by atoms with van der Waals surface area (Å²) in [4.78, 5) is 42.9. The number of esters is 1. The molecule has 2 heterocycles. The van der Waals surface area contributed by atoms with Crippen molar-refractivity contribution in [1.29, 1.82) is 0 Å². The van der Waals surface area contributed by atoms with Crippen LogP contribution in [0.25, 0.3) is 5.57 Å². The third-order valence-corrected chi connectivity index (χ3v) is 5.70. The Hall–Kier alpha value is -2.30. The van der Waals surface area contributed by atoms with Gasteiger partial charge in [-0.1, -0.05) is 12.1 Å². The number of allylic oxidation sites excluding steroid dienone is 1. The minimum atomic E-state index is -0.458. The van der Waals surface area contributed by atoms with Gasteiger partial charge in [0.1, 0.15) is 0 Å². The van der Waals surface area contributed by atoms with E-state index in [-0.39, 0.29) is 18.4 Å². The number of amides is 2. The maximum atomic E-state index is 12.6. The number of benzene rings is 1. The molecular formula is C20H20N3O4Tl. The van der Waals surface area contributed by atoms with Crippen LogP contribution < -0.4 is 0 Å². The number of imide groups is 1. The summed E-state index contributed by atoms with van der Waals surface area (Å²) in [6.07, 6.45) is 5.74. The molecule has 0 bridgehead atoms. The van der Waals surface area contributed by atoms with Crippen LogP contribution in [0.1, 0.15) is 46.7 Å². The van der Waals surface area contributed by atoms with Gasteiger partial charge in [-0.05, 0) is 0 Å². The Morgan fingerprint density at radius 3 is 2.32 bits per heavy atom. The number of rotatable bonds is 6. The summed E-state index contributed by atoms with van der Waals surface area (Å²) in [5.41, 5.74) is 1.39. The van der Waals surface area contributed by atoms with Crippen LogP contribution in [0.3, 0.4) is 0 Å². The molecule has 0 spiro atoms. The van der Waals surface area contributed by atoms with Gasteiger partial charge in [-0.3, -0.25) is 0 Å². The molecule has 0 saturated carbocycles. The van der Waals surface area contributed by atoms with E-state index in [0.29, 0.717) is 54.9 Å². The van der Waals surface area contributed by atoms with Gasteiger partial charge in [0.25, 0.3) is 0 Å². The Morgan fingerprint density at radius 2 is 1.82 bits per heavy atom. The van der Waals surface area contributed by atoms with Crippen LogP contribution in [0.2, 0.25) is 0 Å². The number of carbonyl (C=O) groups excluding carboxylic acids is 3. The summed E-state index contributed by atoms with van der Waals surface area (Å²) in [7, 11) is 1.33. The van der Waals surface area contributed by atoms with Crippen LogP contribution in [0.15, 0.2) is 42.9 Å². The third kappa shape index (κ3) is 4.08. The van der Waals surface area contributed by atoms with E-state index in [4.69, 9.17) is 4.74 Å². The van der Waals surface area contributed by atoms with Crippen molar-refractivity contribution in [3.63, 3.8) is 0 Å². The van der Waals surface area contributed by atoms with Gasteiger partial charge in [-0.25, -0.2) is 0 Å². The molecule has 0 N–H and O–H groups in total. The van der Waals surface area contributed by atoms with E-state index in [1.165, 1.54) is 12.0 Å². The predicted molar refractivity (Wildman–Crippen MR) is 104 cm³/mol.